The van der Waals surface area contributed by atoms with E-state index >= 15 is 0 Å². The Labute approximate surface area is 564 Å². The van der Waals surface area contributed by atoms with E-state index in [1.807, 2.05) is 0 Å². The molecule has 0 spiro atoms. The van der Waals surface area contributed by atoms with Crippen LogP contribution < -0.4 is 5.32 Å². The van der Waals surface area contributed by atoms with Gasteiger partial charge in [-0.05, 0) is 57.8 Å². The first-order valence-electron chi connectivity index (χ1n) is 41.6. The van der Waals surface area contributed by atoms with Crippen molar-refractivity contribution in [2.75, 3.05) is 13.2 Å². The molecule has 0 aliphatic heterocycles. The summed E-state index contributed by atoms with van der Waals surface area (Å²) in [5, 5.41) is 23.5. The van der Waals surface area contributed by atoms with Crippen molar-refractivity contribution in [3.63, 3.8) is 0 Å². The number of hydrogen-bond acceptors (Lipinski definition) is 5. The van der Waals surface area contributed by atoms with E-state index in [9.17, 15) is 19.8 Å². The van der Waals surface area contributed by atoms with Crippen molar-refractivity contribution in [2.24, 2.45) is 0 Å². The molecule has 0 aromatic carbocycles. The molecule has 0 fully saturated rings. The summed E-state index contributed by atoms with van der Waals surface area (Å²) in [5.41, 5.74) is 0. The van der Waals surface area contributed by atoms with Gasteiger partial charge in [-0.25, -0.2) is 0 Å². The maximum absolute atomic E-state index is 12.6. The Morgan fingerprint density at radius 2 is 0.556 bits per heavy atom. The van der Waals surface area contributed by atoms with Gasteiger partial charge in [0, 0.05) is 12.8 Å². The lowest BCUT2D eigenvalue weighted by Gasteiger charge is -2.22. The maximum Gasteiger partial charge on any atom is 0.305 e. The van der Waals surface area contributed by atoms with Gasteiger partial charge in [0.05, 0.1) is 25.4 Å². The Hall–Kier alpha value is -1.66. The van der Waals surface area contributed by atoms with Gasteiger partial charge >= 0.3 is 5.97 Å². The smallest absolute Gasteiger partial charge is 0.305 e. The first kappa shape index (κ1) is 88.3. The fourth-order valence-corrected chi connectivity index (χ4v) is 13.4. The van der Waals surface area contributed by atoms with E-state index < -0.39 is 12.1 Å². The molecule has 0 rings (SSSR count). The van der Waals surface area contributed by atoms with Gasteiger partial charge in [0.2, 0.25) is 5.91 Å². The largest absolute Gasteiger partial charge is 0.466 e. The summed E-state index contributed by atoms with van der Waals surface area (Å²) < 4.78 is 5.50. The number of ether oxygens (including phenoxy) is 1. The van der Waals surface area contributed by atoms with Crippen molar-refractivity contribution in [1.29, 1.82) is 0 Å². The van der Waals surface area contributed by atoms with Crippen LogP contribution >= 0.6 is 0 Å². The molecule has 0 saturated carbocycles. The number of nitrogens with one attached hydrogen (secondary N) is 1. The van der Waals surface area contributed by atoms with E-state index in [0.717, 1.165) is 44.9 Å². The molecule has 0 radical (unpaired) electrons. The van der Waals surface area contributed by atoms with Crippen LogP contribution in [0.5, 0.6) is 0 Å². The van der Waals surface area contributed by atoms with Crippen LogP contribution in [-0.2, 0) is 14.3 Å². The third-order valence-corrected chi connectivity index (χ3v) is 19.8. The molecule has 0 bridgehead atoms. The van der Waals surface area contributed by atoms with Crippen molar-refractivity contribution in [1.82, 2.24) is 5.32 Å². The van der Waals surface area contributed by atoms with Gasteiger partial charge in [0.25, 0.3) is 0 Å². The number of unbranched alkanes of at least 4 members (excludes halogenated alkanes) is 64. The molecule has 2 atom stereocenters. The summed E-state index contributed by atoms with van der Waals surface area (Å²) in [4.78, 5) is 24.6. The molecule has 1 amide bonds. The molecule has 0 aliphatic rings. The van der Waals surface area contributed by atoms with Gasteiger partial charge in [-0.3, -0.25) is 9.59 Å². The fraction of sp³-hybridized carbons (Fsp3) is 0.929. The van der Waals surface area contributed by atoms with Crippen LogP contribution in [0.3, 0.4) is 0 Å². The van der Waals surface area contributed by atoms with Crippen LogP contribution in [0.1, 0.15) is 476 Å². The van der Waals surface area contributed by atoms with Crippen LogP contribution in [0.25, 0.3) is 0 Å². The highest BCUT2D eigenvalue weighted by atomic mass is 16.5. The van der Waals surface area contributed by atoms with Crippen molar-refractivity contribution in [3.8, 4) is 0 Å². The monoisotopic (exact) mass is 1270 g/mol. The average molecular weight is 1270 g/mol. The standard InChI is InChI=1S/C84H163NO5/c1-3-5-7-9-11-13-15-17-19-20-21-43-46-49-52-56-60-64-68-72-76-82(87)81(80-86)85-83(88)77-73-69-65-61-57-53-50-47-44-41-39-37-35-33-31-29-27-25-23-22-24-26-28-30-32-34-36-38-40-42-45-48-51-55-59-63-67-71-75-79-90-84(89)78-74-70-66-62-58-54-18-16-14-12-10-8-6-4-2/h22-23,26,28,81-82,86-87H,3-21,24-25,27,29-80H2,1-2H3,(H,85,88)/b23-22-,28-26-. The zero-order valence-corrected chi connectivity index (χ0v) is 61.4. The van der Waals surface area contributed by atoms with Crippen molar-refractivity contribution in [3.05, 3.63) is 24.3 Å². The minimum absolute atomic E-state index is 0.0236. The normalized spacial score (nSPS) is 12.5. The van der Waals surface area contributed by atoms with E-state index in [1.54, 1.807) is 0 Å². The molecule has 0 aromatic rings. The summed E-state index contributed by atoms with van der Waals surface area (Å²) in [6.45, 7) is 5.01. The van der Waals surface area contributed by atoms with Gasteiger partial charge in [0.1, 0.15) is 0 Å². The first-order valence-corrected chi connectivity index (χ1v) is 41.6. The van der Waals surface area contributed by atoms with Crippen molar-refractivity contribution in [2.45, 2.75) is 488 Å². The highest BCUT2D eigenvalue weighted by Gasteiger charge is 2.20. The molecule has 0 aromatic heterocycles. The molecule has 3 N–H and O–H groups in total. The maximum atomic E-state index is 12.6. The molecular weight excluding hydrogens is 1100 g/mol. The molecule has 534 valence electrons. The second-order valence-electron chi connectivity index (χ2n) is 28.8. The zero-order valence-electron chi connectivity index (χ0n) is 61.4. The van der Waals surface area contributed by atoms with Crippen LogP contribution in [0.4, 0.5) is 0 Å². The average Bonchev–Trinajstić information content (AvgIpc) is 3.63. The Morgan fingerprint density at radius 3 is 0.844 bits per heavy atom. The molecular formula is C84H163NO5. The minimum Gasteiger partial charge on any atom is -0.466 e. The number of rotatable bonds is 79. The number of aliphatic hydroxyl groups excluding tert-OH is 2. The predicted octanol–water partition coefficient (Wildman–Crippen LogP) is 27.6. The summed E-state index contributed by atoms with van der Waals surface area (Å²) in [7, 11) is 0. The first-order chi connectivity index (χ1) is 44.5. The summed E-state index contributed by atoms with van der Waals surface area (Å²) in [6, 6.07) is -0.540. The Kier molecular flexibility index (Phi) is 78.3. The van der Waals surface area contributed by atoms with Crippen LogP contribution in [0.15, 0.2) is 24.3 Å². The van der Waals surface area contributed by atoms with Crippen LogP contribution in [0, 0.1) is 0 Å². The number of aliphatic hydroxyl groups is 2. The quantitative estimate of drug-likeness (QED) is 0.0320. The second kappa shape index (κ2) is 79.8. The Bertz CT molecular complexity index is 1410. The summed E-state index contributed by atoms with van der Waals surface area (Å²) in [6.07, 6.45) is 103. The topological polar surface area (TPSA) is 95.9 Å². The lowest BCUT2D eigenvalue weighted by atomic mass is 10.0. The lowest BCUT2D eigenvalue weighted by molar-refractivity contribution is -0.143. The summed E-state index contributed by atoms with van der Waals surface area (Å²) in [5.74, 6) is -0.00295. The number of carbonyl (C=O) groups excluding carboxylic acids is 2. The molecule has 0 heterocycles. The molecule has 0 saturated heterocycles. The molecule has 2 unspecified atom stereocenters. The molecule has 0 aliphatic carbocycles. The Morgan fingerprint density at radius 1 is 0.311 bits per heavy atom. The molecule has 6 heteroatoms. The van der Waals surface area contributed by atoms with E-state index in [-0.39, 0.29) is 18.5 Å². The van der Waals surface area contributed by atoms with Crippen LogP contribution in [-0.4, -0.2) is 47.4 Å². The van der Waals surface area contributed by atoms with Gasteiger partial charge in [-0.15, -0.1) is 0 Å². The lowest BCUT2D eigenvalue weighted by Crippen LogP contribution is -2.45. The third kappa shape index (κ3) is 75.4. The van der Waals surface area contributed by atoms with Crippen molar-refractivity contribution >= 4 is 11.9 Å². The van der Waals surface area contributed by atoms with Crippen LogP contribution in [0.2, 0.25) is 0 Å². The molecule has 6 nitrogen and oxygen atoms in total. The number of allylic oxidation sites excluding steroid dienone is 4. The van der Waals surface area contributed by atoms with E-state index in [0.29, 0.717) is 25.9 Å². The third-order valence-electron chi connectivity index (χ3n) is 19.8. The summed E-state index contributed by atoms with van der Waals surface area (Å²) >= 11 is 0. The second-order valence-corrected chi connectivity index (χ2v) is 28.8. The predicted molar refractivity (Wildman–Crippen MR) is 398 cm³/mol. The molecule has 90 heavy (non-hydrogen) atoms. The number of amides is 1. The van der Waals surface area contributed by atoms with E-state index in [2.05, 4.69) is 43.5 Å². The van der Waals surface area contributed by atoms with Gasteiger partial charge in [-0.1, -0.05) is 430 Å². The highest BCUT2D eigenvalue weighted by molar-refractivity contribution is 5.76. The zero-order chi connectivity index (χ0) is 64.9. The van der Waals surface area contributed by atoms with Gasteiger partial charge in [-0.2, -0.15) is 0 Å². The number of carbonyl (C=O) groups is 2. The van der Waals surface area contributed by atoms with Gasteiger partial charge < -0.3 is 20.3 Å². The van der Waals surface area contributed by atoms with Gasteiger partial charge in [0.15, 0.2) is 0 Å². The Balaban J connectivity index is 3.35. The SMILES string of the molecule is CCCCCCCCCCCCCCCCCCCCCCC(O)C(CO)NC(=O)CCCCCCCCCCCCCCCCCCC/C=C\C/C=C\CCCCCCCCCCCCCCCCCOC(=O)CCCCCCCCCCCCCCCC. The highest BCUT2D eigenvalue weighted by Crippen LogP contribution is 2.20. The van der Waals surface area contributed by atoms with E-state index in [1.165, 1.54) is 398 Å². The minimum atomic E-state index is -0.663. The fourth-order valence-electron chi connectivity index (χ4n) is 13.4. The van der Waals surface area contributed by atoms with E-state index in [4.69, 9.17) is 4.74 Å². The number of esters is 1. The van der Waals surface area contributed by atoms with Crippen molar-refractivity contribution < 1.29 is 24.5 Å². The number of hydrogen-bond donors (Lipinski definition) is 3.